The lowest BCUT2D eigenvalue weighted by Crippen LogP contribution is -2.36. The normalized spacial score (nSPS) is 14.4. The average molecular weight is 474 g/mol. The number of aliphatic hydroxyl groups is 1. The first-order chi connectivity index (χ1) is 17.0. The zero-order chi connectivity index (χ0) is 24.8. The zero-order valence-electron chi connectivity index (χ0n) is 20.2. The standard InChI is InChI=1S/C29H31NO5/c1-20(16-28(32)33)29(21-6-4-3-5-7-21)22-8-10-26(27(18-22)30-12-14-35-15-13-30)25-11-9-24(34-2)17-23(25)19-31/h3-11,17-18,31H,12-16,19H2,1-2H3,(H,32,33)/b29-20-. The van der Waals surface area contributed by atoms with Crippen LogP contribution in [0.3, 0.4) is 0 Å². The molecular weight excluding hydrogens is 442 g/mol. The van der Waals surface area contributed by atoms with Crippen LogP contribution in [0, 0.1) is 0 Å². The van der Waals surface area contributed by atoms with Crippen molar-refractivity contribution in [1.82, 2.24) is 0 Å². The van der Waals surface area contributed by atoms with Crippen molar-refractivity contribution in [2.24, 2.45) is 0 Å². The molecule has 0 atom stereocenters. The van der Waals surface area contributed by atoms with Gasteiger partial charge in [-0.3, -0.25) is 4.79 Å². The predicted molar refractivity (Wildman–Crippen MR) is 138 cm³/mol. The minimum absolute atomic E-state index is 0.0357. The summed E-state index contributed by atoms with van der Waals surface area (Å²) in [5, 5.41) is 19.6. The SMILES string of the molecule is COc1ccc(-c2ccc(/C(=C(/C)CC(=O)O)c3ccccc3)cc2N2CCOCC2)c(CO)c1. The zero-order valence-corrected chi connectivity index (χ0v) is 20.2. The third-order valence-electron chi connectivity index (χ3n) is 6.32. The van der Waals surface area contributed by atoms with Crippen LogP contribution < -0.4 is 9.64 Å². The highest BCUT2D eigenvalue weighted by Gasteiger charge is 2.20. The highest BCUT2D eigenvalue weighted by molar-refractivity contribution is 5.90. The summed E-state index contributed by atoms with van der Waals surface area (Å²) in [4.78, 5) is 13.9. The maximum absolute atomic E-state index is 11.6. The van der Waals surface area contributed by atoms with Gasteiger partial charge in [-0.2, -0.15) is 0 Å². The number of hydrogen-bond acceptors (Lipinski definition) is 5. The molecule has 1 aliphatic heterocycles. The number of carbonyl (C=O) groups is 1. The molecule has 1 aliphatic rings. The van der Waals surface area contributed by atoms with Crippen LogP contribution in [0.2, 0.25) is 0 Å². The minimum atomic E-state index is -0.855. The first-order valence-corrected chi connectivity index (χ1v) is 11.7. The second-order valence-electron chi connectivity index (χ2n) is 8.60. The number of nitrogens with zero attached hydrogens (tertiary/aromatic N) is 1. The number of benzene rings is 3. The number of morpholine rings is 1. The second kappa shape index (κ2) is 11.2. The molecule has 3 aromatic rings. The Balaban J connectivity index is 1.91. The molecule has 35 heavy (non-hydrogen) atoms. The van der Waals surface area contributed by atoms with Crippen molar-refractivity contribution in [1.29, 1.82) is 0 Å². The molecule has 3 aromatic carbocycles. The van der Waals surface area contributed by atoms with Crippen molar-refractivity contribution in [2.45, 2.75) is 20.0 Å². The van der Waals surface area contributed by atoms with Gasteiger partial charge in [0.05, 0.1) is 33.4 Å². The average Bonchev–Trinajstić information content (AvgIpc) is 2.89. The summed E-state index contributed by atoms with van der Waals surface area (Å²) in [6.45, 7) is 4.55. The third kappa shape index (κ3) is 5.56. The van der Waals surface area contributed by atoms with Crippen LogP contribution in [-0.4, -0.2) is 49.6 Å². The van der Waals surface area contributed by atoms with Gasteiger partial charge in [0.1, 0.15) is 5.75 Å². The molecule has 1 fully saturated rings. The van der Waals surface area contributed by atoms with Crippen molar-refractivity contribution in [2.75, 3.05) is 38.3 Å². The number of aliphatic hydroxyl groups excluding tert-OH is 1. The summed E-state index contributed by atoms with van der Waals surface area (Å²) in [7, 11) is 1.61. The van der Waals surface area contributed by atoms with E-state index in [9.17, 15) is 15.0 Å². The Labute approximate surface area is 206 Å². The van der Waals surface area contributed by atoms with Gasteiger partial charge in [0.15, 0.2) is 0 Å². The number of hydrogen-bond donors (Lipinski definition) is 2. The monoisotopic (exact) mass is 473 g/mol. The fourth-order valence-corrected chi connectivity index (χ4v) is 4.65. The van der Waals surface area contributed by atoms with Gasteiger partial charge in [-0.15, -0.1) is 0 Å². The van der Waals surface area contributed by atoms with Crippen molar-refractivity contribution in [3.63, 3.8) is 0 Å². The minimum Gasteiger partial charge on any atom is -0.497 e. The number of carboxylic acid groups (broad SMARTS) is 1. The fourth-order valence-electron chi connectivity index (χ4n) is 4.65. The summed E-state index contributed by atoms with van der Waals surface area (Å²) in [6.07, 6.45) is -0.0357. The van der Waals surface area contributed by atoms with E-state index < -0.39 is 5.97 Å². The molecule has 0 radical (unpaired) electrons. The second-order valence-corrected chi connectivity index (χ2v) is 8.60. The largest absolute Gasteiger partial charge is 0.497 e. The van der Waals surface area contributed by atoms with Gasteiger partial charge in [-0.1, -0.05) is 54.1 Å². The van der Waals surface area contributed by atoms with E-state index in [0.717, 1.165) is 57.7 Å². The van der Waals surface area contributed by atoms with E-state index in [-0.39, 0.29) is 13.0 Å². The number of aliphatic carboxylic acids is 1. The molecule has 182 valence electrons. The molecule has 1 heterocycles. The topological polar surface area (TPSA) is 79.2 Å². The summed E-state index contributed by atoms with van der Waals surface area (Å²) in [5.74, 6) is -0.160. The lowest BCUT2D eigenvalue weighted by molar-refractivity contribution is -0.136. The Morgan fingerprint density at radius 1 is 0.971 bits per heavy atom. The van der Waals surface area contributed by atoms with E-state index >= 15 is 0 Å². The van der Waals surface area contributed by atoms with E-state index in [1.165, 1.54) is 0 Å². The lowest BCUT2D eigenvalue weighted by atomic mass is 9.89. The Bertz CT molecular complexity index is 1210. The number of anilines is 1. The smallest absolute Gasteiger partial charge is 0.307 e. The highest BCUT2D eigenvalue weighted by atomic mass is 16.5. The van der Waals surface area contributed by atoms with Crippen LogP contribution in [0.25, 0.3) is 16.7 Å². The van der Waals surface area contributed by atoms with Gasteiger partial charge >= 0.3 is 5.97 Å². The van der Waals surface area contributed by atoms with Crippen molar-refractivity contribution in [3.05, 3.63) is 89.0 Å². The quantitative estimate of drug-likeness (QED) is 0.480. The Morgan fingerprint density at radius 2 is 1.69 bits per heavy atom. The van der Waals surface area contributed by atoms with Crippen LogP contribution in [0.5, 0.6) is 5.75 Å². The molecule has 6 heteroatoms. The molecule has 0 amide bonds. The maximum atomic E-state index is 11.6. The number of carboxylic acids is 1. The predicted octanol–water partition coefficient (Wildman–Crippen LogP) is 4.99. The number of methoxy groups -OCH3 is 1. The maximum Gasteiger partial charge on any atom is 0.307 e. The van der Waals surface area contributed by atoms with Gasteiger partial charge in [0.25, 0.3) is 0 Å². The Kier molecular flexibility index (Phi) is 7.85. The molecule has 0 spiro atoms. The number of rotatable bonds is 8. The number of ether oxygens (including phenoxy) is 2. The van der Waals surface area contributed by atoms with Crippen LogP contribution in [-0.2, 0) is 16.1 Å². The lowest BCUT2D eigenvalue weighted by Gasteiger charge is -2.32. The summed E-state index contributed by atoms with van der Waals surface area (Å²) >= 11 is 0. The summed E-state index contributed by atoms with van der Waals surface area (Å²) in [5.41, 5.74) is 7.41. The molecule has 0 unspecified atom stereocenters. The molecule has 6 nitrogen and oxygen atoms in total. The Hall–Kier alpha value is -3.61. The molecule has 1 saturated heterocycles. The van der Waals surface area contributed by atoms with Gasteiger partial charge in [-0.25, -0.2) is 0 Å². The Morgan fingerprint density at radius 3 is 2.34 bits per heavy atom. The fraction of sp³-hybridized carbons (Fsp3) is 0.276. The van der Waals surface area contributed by atoms with Crippen LogP contribution >= 0.6 is 0 Å². The molecule has 4 rings (SSSR count). The van der Waals surface area contributed by atoms with E-state index in [1.54, 1.807) is 7.11 Å². The molecular formula is C29H31NO5. The molecule has 0 aromatic heterocycles. The van der Waals surface area contributed by atoms with Gasteiger partial charge < -0.3 is 24.6 Å². The van der Waals surface area contributed by atoms with Gasteiger partial charge in [0, 0.05) is 24.3 Å². The van der Waals surface area contributed by atoms with Gasteiger partial charge in [-0.05, 0) is 52.9 Å². The summed E-state index contributed by atoms with van der Waals surface area (Å²) in [6, 6.07) is 21.9. The summed E-state index contributed by atoms with van der Waals surface area (Å²) < 4.78 is 11.0. The third-order valence-corrected chi connectivity index (χ3v) is 6.32. The van der Waals surface area contributed by atoms with Crippen molar-refractivity contribution >= 4 is 17.2 Å². The van der Waals surface area contributed by atoms with Crippen LogP contribution in [0.4, 0.5) is 5.69 Å². The van der Waals surface area contributed by atoms with E-state index in [1.807, 2.05) is 61.5 Å². The first-order valence-electron chi connectivity index (χ1n) is 11.7. The van der Waals surface area contributed by atoms with Crippen molar-refractivity contribution < 1.29 is 24.5 Å². The molecule has 0 aliphatic carbocycles. The van der Waals surface area contributed by atoms with Crippen LogP contribution in [0.1, 0.15) is 30.0 Å². The van der Waals surface area contributed by atoms with Gasteiger partial charge in [0.2, 0.25) is 0 Å². The highest BCUT2D eigenvalue weighted by Crippen LogP contribution is 2.39. The van der Waals surface area contributed by atoms with Crippen LogP contribution in [0.15, 0.2) is 72.3 Å². The van der Waals surface area contributed by atoms with Crippen molar-refractivity contribution in [3.8, 4) is 16.9 Å². The molecule has 0 bridgehead atoms. The van der Waals surface area contributed by atoms with E-state index in [2.05, 4.69) is 17.0 Å². The first kappa shape index (κ1) is 24.5. The van der Waals surface area contributed by atoms with E-state index in [0.29, 0.717) is 19.0 Å². The van der Waals surface area contributed by atoms with E-state index in [4.69, 9.17) is 9.47 Å². The molecule has 2 N–H and O–H groups in total. The molecule has 0 saturated carbocycles.